The van der Waals surface area contributed by atoms with Crippen LogP contribution in [0, 0.1) is 20.8 Å². The van der Waals surface area contributed by atoms with Gasteiger partial charge in [0.05, 0.1) is 22.2 Å². The summed E-state index contributed by atoms with van der Waals surface area (Å²) in [6, 6.07) is 6.24. The van der Waals surface area contributed by atoms with Gasteiger partial charge in [0.15, 0.2) is 0 Å². The molecule has 17 heavy (non-hydrogen) atoms. The highest BCUT2D eigenvalue weighted by Crippen LogP contribution is 2.27. The maximum Gasteiger partial charge on any atom is 0.0941 e. The number of aliphatic hydroxyl groups is 1. The van der Waals surface area contributed by atoms with E-state index in [0.717, 1.165) is 10.6 Å². The lowest BCUT2D eigenvalue weighted by molar-refractivity contribution is 0.181. The summed E-state index contributed by atoms with van der Waals surface area (Å²) in [5.74, 6) is 0. The number of aromatic nitrogens is 1. The number of hydrogen-bond acceptors (Lipinski definition) is 3. The van der Waals surface area contributed by atoms with E-state index >= 15 is 0 Å². The molecule has 1 heterocycles. The summed E-state index contributed by atoms with van der Waals surface area (Å²) in [4.78, 5) is 5.16. The number of nitrogens with zero attached hydrogens (tertiary/aromatic N) is 1. The van der Waals surface area contributed by atoms with Crippen LogP contribution < -0.4 is 0 Å². The van der Waals surface area contributed by atoms with Crippen LogP contribution >= 0.6 is 11.3 Å². The minimum Gasteiger partial charge on any atom is -0.387 e. The second kappa shape index (κ2) is 4.98. The Bertz CT molecular complexity index is 498. The second-order valence-electron chi connectivity index (χ2n) is 4.39. The Balaban J connectivity index is 2.25. The van der Waals surface area contributed by atoms with Crippen molar-refractivity contribution in [2.75, 3.05) is 0 Å². The molecule has 1 atom stereocenters. The smallest absolute Gasteiger partial charge is 0.0941 e. The first-order valence-electron chi connectivity index (χ1n) is 5.72. The summed E-state index contributed by atoms with van der Waals surface area (Å²) in [6.07, 6.45) is 0.226. The van der Waals surface area contributed by atoms with E-state index in [1.54, 1.807) is 5.51 Å². The predicted molar refractivity (Wildman–Crippen MR) is 71.4 cm³/mol. The summed E-state index contributed by atoms with van der Waals surface area (Å²) >= 11 is 1.53. The monoisotopic (exact) mass is 247 g/mol. The molecule has 2 aromatic rings. The van der Waals surface area contributed by atoms with E-state index in [2.05, 4.69) is 37.0 Å². The van der Waals surface area contributed by atoms with Crippen molar-refractivity contribution < 1.29 is 5.11 Å². The Labute approximate surface area is 106 Å². The molecule has 0 saturated heterocycles. The van der Waals surface area contributed by atoms with E-state index in [1.165, 1.54) is 28.0 Å². The van der Waals surface area contributed by atoms with E-state index < -0.39 is 6.10 Å². The lowest BCUT2D eigenvalue weighted by Gasteiger charge is -2.14. The van der Waals surface area contributed by atoms with E-state index in [0.29, 0.717) is 6.42 Å². The van der Waals surface area contributed by atoms with Crippen molar-refractivity contribution in [3.8, 4) is 0 Å². The number of thiazole rings is 1. The molecule has 1 unspecified atom stereocenters. The van der Waals surface area contributed by atoms with Gasteiger partial charge in [0.1, 0.15) is 0 Å². The zero-order valence-electron chi connectivity index (χ0n) is 10.4. The summed E-state index contributed by atoms with van der Waals surface area (Å²) < 4.78 is 0. The molecule has 0 bridgehead atoms. The van der Waals surface area contributed by atoms with E-state index in [1.807, 2.05) is 6.92 Å². The van der Waals surface area contributed by atoms with Crippen LogP contribution in [0.3, 0.4) is 0 Å². The fraction of sp³-hybridized carbons (Fsp3) is 0.357. The molecule has 0 saturated carbocycles. The zero-order valence-corrected chi connectivity index (χ0v) is 11.2. The summed E-state index contributed by atoms with van der Waals surface area (Å²) in [5, 5.41) is 10.3. The van der Waals surface area contributed by atoms with E-state index in [9.17, 15) is 5.11 Å². The van der Waals surface area contributed by atoms with Crippen molar-refractivity contribution in [3.05, 3.63) is 51.0 Å². The normalized spacial score (nSPS) is 12.7. The molecular formula is C14H17NOS. The fourth-order valence-electron chi connectivity index (χ4n) is 2.09. The van der Waals surface area contributed by atoms with Crippen LogP contribution in [-0.4, -0.2) is 10.1 Å². The minimum atomic E-state index is -0.442. The maximum absolute atomic E-state index is 10.3. The van der Waals surface area contributed by atoms with Crippen molar-refractivity contribution in [1.29, 1.82) is 0 Å². The van der Waals surface area contributed by atoms with Crippen LogP contribution in [0.4, 0.5) is 0 Å². The first-order valence-corrected chi connectivity index (χ1v) is 6.60. The van der Waals surface area contributed by atoms with Gasteiger partial charge in [-0.15, -0.1) is 11.3 Å². The van der Waals surface area contributed by atoms with Crippen molar-refractivity contribution in [2.45, 2.75) is 33.3 Å². The third kappa shape index (κ3) is 2.56. The number of hydrogen-bond donors (Lipinski definition) is 1. The van der Waals surface area contributed by atoms with Crippen molar-refractivity contribution in [2.24, 2.45) is 0 Å². The lowest BCUT2D eigenvalue weighted by Crippen LogP contribution is -2.04. The average molecular weight is 247 g/mol. The molecule has 0 aliphatic rings. The van der Waals surface area contributed by atoms with Crippen LogP contribution in [0.2, 0.25) is 0 Å². The Morgan fingerprint density at radius 2 is 1.88 bits per heavy atom. The molecule has 1 N–H and O–H groups in total. The fourth-order valence-corrected chi connectivity index (χ4v) is 2.88. The first kappa shape index (κ1) is 12.3. The third-order valence-corrected chi connectivity index (χ3v) is 4.16. The standard InChI is InChI=1S/C14H17NOS/c1-9-5-4-6-10(2)12(9)7-13(16)14-11(3)15-8-17-14/h4-6,8,13,16H,7H2,1-3H3. The van der Waals surface area contributed by atoms with Crippen LogP contribution in [0.25, 0.3) is 0 Å². The Morgan fingerprint density at radius 3 is 2.41 bits per heavy atom. The molecule has 0 radical (unpaired) electrons. The Kier molecular flexibility index (Phi) is 3.60. The van der Waals surface area contributed by atoms with Gasteiger partial charge < -0.3 is 5.11 Å². The Hall–Kier alpha value is -1.19. The molecule has 1 aromatic carbocycles. The van der Waals surface area contributed by atoms with Crippen molar-refractivity contribution in [1.82, 2.24) is 4.98 Å². The molecule has 90 valence electrons. The van der Waals surface area contributed by atoms with Crippen LogP contribution in [0.15, 0.2) is 23.7 Å². The van der Waals surface area contributed by atoms with Crippen LogP contribution in [0.1, 0.15) is 33.4 Å². The largest absolute Gasteiger partial charge is 0.387 e. The van der Waals surface area contributed by atoms with Gasteiger partial charge in [0.2, 0.25) is 0 Å². The summed E-state index contributed by atoms with van der Waals surface area (Å²) in [6.45, 7) is 6.13. The van der Waals surface area contributed by atoms with Gasteiger partial charge in [-0.2, -0.15) is 0 Å². The quantitative estimate of drug-likeness (QED) is 0.902. The van der Waals surface area contributed by atoms with E-state index in [4.69, 9.17) is 0 Å². The van der Waals surface area contributed by atoms with E-state index in [-0.39, 0.29) is 0 Å². The van der Waals surface area contributed by atoms with Gasteiger partial charge in [-0.3, -0.25) is 0 Å². The first-order chi connectivity index (χ1) is 8.09. The van der Waals surface area contributed by atoms with Crippen molar-refractivity contribution in [3.63, 3.8) is 0 Å². The highest BCUT2D eigenvalue weighted by Gasteiger charge is 2.15. The minimum absolute atomic E-state index is 0.442. The van der Waals surface area contributed by atoms with Gasteiger partial charge in [-0.25, -0.2) is 4.98 Å². The van der Waals surface area contributed by atoms with Crippen molar-refractivity contribution >= 4 is 11.3 Å². The lowest BCUT2D eigenvalue weighted by atomic mass is 9.97. The molecule has 2 rings (SSSR count). The molecular weight excluding hydrogens is 230 g/mol. The third-order valence-electron chi connectivity index (χ3n) is 3.13. The predicted octanol–water partition coefficient (Wildman–Crippen LogP) is 3.34. The molecule has 2 nitrogen and oxygen atoms in total. The summed E-state index contributed by atoms with van der Waals surface area (Å²) in [5.41, 5.74) is 6.46. The maximum atomic E-state index is 10.3. The molecule has 0 amide bonds. The number of rotatable bonds is 3. The van der Waals surface area contributed by atoms with Gasteiger partial charge >= 0.3 is 0 Å². The van der Waals surface area contributed by atoms with Gasteiger partial charge in [-0.05, 0) is 37.5 Å². The molecule has 0 fully saturated rings. The van der Waals surface area contributed by atoms with Crippen LogP contribution in [-0.2, 0) is 6.42 Å². The number of aryl methyl sites for hydroxylation is 3. The SMILES string of the molecule is Cc1cccc(C)c1CC(O)c1scnc1C. The highest BCUT2D eigenvalue weighted by molar-refractivity contribution is 7.09. The second-order valence-corrected chi connectivity index (χ2v) is 5.28. The molecule has 0 aliphatic carbocycles. The molecule has 1 aromatic heterocycles. The highest BCUT2D eigenvalue weighted by atomic mass is 32.1. The topological polar surface area (TPSA) is 33.1 Å². The molecule has 3 heteroatoms. The molecule has 0 spiro atoms. The van der Waals surface area contributed by atoms with Gasteiger partial charge in [0, 0.05) is 6.42 Å². The number of aliphatic hydroxyl groups excluding tert-OH is 1. The number of benzene rings is 1. The average Bonchev–Trinajstić information content (AvgIpc) is 2.70. The summed E-state index contributed by atoms with van der Waals surface area (Å²) in [7, 11) is 0. The van der Waals surface area contributed by atoms with Gasteiger partial charge in [-0.1, -0.05) is 18.2 Å². The Morgan fingerprint density at radius 1 is 1.24 bits per heavy atom. The van der Waals surface area contributed by atoms with Crippen LogP contribution in [0.5, 0.6) is 0 Å². The zero-order chi connectivity index (χ0) is 12.4. The van der Waals surface area contributed by atoms with Gasteiger partial charge in [0.25, 0.3) is 0 Å². The molecule has 0 aliphatic heterocycles.